The van der Waals surface area contributed by atoms with E-state index in [2.05, 4.69) is 10.3 Å². The molecule has 2 N–H and O–H groups in total. The molecule has 2 aromatic rings. The molecule has 1 heterocycles. The molecule has 0 bridgehead atoms. The molecule has 0 aliphatic heterocycles. The van der Waals surface area contributed by atoms with Gasteiger partial charge in [-0.1, -0.05) is 12.1 Å². The van der Waals surface area contributed by atoms with Crippen LogP contribution in [0, 0.1) is 0 Å². The molecule has 1 atom stereocenters. The van der Waals surface area contributed by atoms with Crippen molar-refractivity contribution < 1.29 is 9.84 Å². The Kier molecular flexibility index (Phi) is 5.23. The molecule has 0 radical (unpaired) electrons. The van der Waals surface area contributed by atoms with E-state index < -0.39 is 6.10 Å². The Morgan fingerprint density at radius 1 is 1.45 bits per heavy atom. The molecule has 0 aliphatic carbocycles. The van der Waals surface area contributed by atoms with Gasteiger partial charge in [0.25, 0.3) is 5.56 Å². The van der Waals surface area contributed by atoms with Crippen molar-refractivity contribution in [2.45, 2.75) is 12.6 Å². The van der Waals surface area contributed by atoms with Crippen LogP contribution in [0.15, 0.2) is 35.3 Å². The average Bonchev–Trinajstić information content (AvgIpc) is 2.47. The second kappa shape index (κ2) is 7.14. The molecule has 0 saturated heterocycles. The van der Waals surface area contributed by atoms with Gasteiger partial charge in [0, 0.05) is 20.2 Å². The molecular weight excluding hydrogens is 258 g/mol. The largest absolute Gasteiger partial charge is 0.390 e. The first-order valence-corrected chi connectivity index (χ1v) is 6.54. The fourth-order valence-corrected chi connectivity index (χ4v) is 2.02. The maximum absolute atomic E-state index is 11.9. The topological polar surface area (TPSA) is 76.4 Å². The summed E-state index contributed by atoms with van der Waals surface area (Å²) in [6, 6.07) is 7.39. The van der Waals surface area contributed by atoms with Gasteiger partial charge in [0.2, 0.25) is 0 Å². The third kappa shape index (κ3) is 3.63. The lowest BCUT2D eigenvalue weighted by Crippen LogP contribution is -2.35. The first-order valence-electron chi connectivity index (χ1n) is 6.54. The molecule has 0 aliphatic rings. The Morgan fingerprint density at radius 2 is 2.25 bits per heavy atom. The number of rotatable bonds is 7. The van der Waals surface area contributed by atoms with Gasteiger partial charge in [-0.2, -0.15) is 0 Å². The number of fused-ring (bicyclic) bond motifs is 1. The molecular formula is C14H19N3O3. The Morgan fingerprint density at radius 3 is 3.05 bits per heavy atom. The van der Waals surface area contributed by atoms with Gasteiger partial charge in [0.05, 0.1) is 36.5 Å². The Balaban J connectivity index is 2.09. The summed E-state index contributed by atoms with van der Waals surface area (Å²) in [4.78, 5) is 16.0. The molecule has 0 spiro atoms. The van der Waals surface area contributed by atoms with E-state index in [1.165, 1.54) is 6.20 Å². The molecule has 20 heavy (non-hydrogen) atoms. The lowest BCUT2D eigenvalue weighted by Gasteiger charge is -2.15. The summed E-state index contributed by atoms with van der Waals surface area (Å²) in [5, 5.41) is 13.1. The summed E-state index contributed by atoms with van der Waals surface area (Å²) >= 11 is 0. The van der Waals surface area contributed by atoms with Crippen molar-refractivity contribution in [3.05, 3.63) is 40.8 Å². The van der Waals surface area contributed by atoms with Crippen LogP contribution in [0.2, 0.25) is 0 Å². The zero-order valence-corrected chi connectivity index (χ0v) is 11.5. The van der Waals surface area contributed by atoms with Crippen LogP contribution in [-0.4, -0.2) is 47.6 Å². The number of hydrogen-bond donors (Lipinski definition) is 2. The molecule has 108 valence electrons. The van der Waals surface area contributed by atoms with E-state index in [-0.39, 0.29) is 12.1 Å². The number of hydrogen-bond acceptors (Lipinski definition) is 5. The molecule has 6 heteroatoms. The number of aliphatic hydroxyl groups is 1. The molecule has 1 unspecified atom stereocenters. The quantitative estimate of drug-likeness (QED) is 0.696. The summed E-state index contributed by atoms with van der Waals surface area (Å²) in [5.74, 6) is 0. The summed E-state index contributed by atoms with van der Waals surface area (Å²) in [6.45, 7) is 1.90. The third-order valence-electron chi connectivity index (χ3n) is 3.01. The Bertz CT molecular complexity index is 612. The van der Waals surface area contributed by atoms with Gasteiger partial charge in [0.1, 0.15) is 0 Å². The van der Waals surface area contributed by atoms with Gasteiger partial charge in [0.15, 0.2) is 0 Å². The number of methoxy groups -OCH3 is 1. The first-order chi connectivity index (χ1) is 9.72. The summed E-state index contributed by atoms with van der Waals surface area (Å²) in [6.07, 6.45) is 0.642. The lowest BCUT2D eigenvalue weighted by atomic mass is 10.2. The van der Waals surface area contributed by atoms with Crippen molar-refractivity contribution in [3.63, 3.8) is 0 Å². The van der Waals surface area contributed by atoms with Gasteiger partial charge in [-0.05, 0) is 12.1 Å². The molecule has 1 aromatic carbocycles. The van der Waals surface area contributed by atoms with Crippen LogP contribution in [0.4, 0.5) is 0 Å². The smallest absolute Gasteiger partial charge is 0.269 e. The van der Waals surface area contributed by atoms with Crippen molar-refractivity contribution in [1.82, 2.24) is 14.9 Å². The summed E-state index contributed by atoms with van der Waals surface area (Å²) < 4.78 is 6.46. The van der Waals surface area contributed by atoms with Crippen molar-refractivity contribution in [2.75, 3.05) is 26.8 Å². The van der Waals surface area contributed by atoms with E-state index in [1.54, 1.807) is 11.7 Å². The average molecular weight is 277 g/mol. The van der Waals surface area contributed by atoms with Crippen LogP contribution < -0.4 is 10.9 Å². The number of nitrogens with one attached hydrogen (secondary N) is 1. The van der Waals surface area contributed by atoms with Gasteiger partial charge >= 0.3 is 0 Å². The van der Waals surface area contributed by atoms with Gasteiger partial charge in [-0.15, -0.1) is 0 Å². The van der Waals surface area contributed by atoms with Crippen LogP contribution in [0.25, 0.3) is 11.0 Å². The number of aliphatic hydroxyl groups excluding tert-OH is 1. The van der Waals surface area contributed by atoms with E-state index in [0.717, 1.165) is 11.0 Å². The van der Waals surface area contributed by atoms with Crippen molar-refractivity contribution >= 4 is 11.0 Å². The zero-order valence-electron chi connectivity index (χ0n) is 11.5. The van der Waals surface area contributed by atoms with E-state index in [1.807, 2.05) is 24.3 Å². The SMILES string of the molecule is COCCNCC(O)Cn1c(=O)cnc2ccccc21. The zero-order chi connectivity index (χ0) is 14.4. The van der Waals surface area contributed by atoms with Crippen LogP contribution in [0.5, 0.6) is 0 Å². The monoisotopic (exact) mass is 277 g/mol. The highest BCUT2D eigenvalue weighted by Crippen LogP contribution is 2.08. The van der Waals surface area contributed by atoms with Crippen LogP contribution in [0.1, 0.15) is 0 Å². The van der Waals surface area contributed by atoms with Gasteiger partial charge < -0.3 is 19.7 Å². The molecule has 2 rings (SSSR count). The fraction of sp³-hybridized carbons (Fsp3) is 0.429. The standard InChI is InChI=1S/C14H19N3O3/c1-20-7-6-15-8-11(18)10-17-13-5-3-2-4-12(13)16-9-14(17)19/h2-5,9,11,15,18H,6-8,10H2,1H3. The summed E-state index contributed by atoms with van der Waals surface area (Å²) in [7, 11) is 1.63. The number of benzene rings is 1. The van der Waals surface area contributed by atoms with E-state index in [0.29, 0.717) is 19.7 Å². The van der Waals surface area contributed by atoms with Crippen LogP contribution in [0.3, 0.4) is 0 Å². The van der Waals surface area contributed by atoms with E-state index >= 15 is 0 Å². The first kappa shape index (κ1) is 14.6. The Hall–Kier alpha value is -1.76. The molecule has 0 saturated carbocycles. The van der Waals surface area contributed by atoms with Crippen molar-refractivity contribution in [2.24, 2.45) is 0 Å². The van der Waals surface area contributed by atoms with Crippen LogP contribution in [-0.2, 0) is 11.3 Å². The second-order valence-corrected chi connectivity index (χ2v) is 4.55. The number of nitrogens with zero attached hydrogens (tertiary/aromatic N) is 2. The minimum atomic E-state index is -0.643. The number of ether oxygens (including phenoxy) is 1. The fourth-order valence-electron chi connectivity index (χ4n) is 2.02. The molecule has 0 amide bonds. The number of para-hydroxylation sites is 2. The molecule has 6 nitrogen and oxygen atoms in total. The van der Waals surface area contributed by atoms with E-state index in [9.17, 15) is 9.90 Å². The predicted octanol–water partition coefficient (Wildman–Crippen LogP) is -0.00660. The number of aromatic nitrogens is 2. The highest BCUT2D eigenvalue weighted by Gasteiger charge is 2.09. The normalized spacial score (nSPS) is 12.7. The second-order valence-electron chi connectivity index (χ2n) is 4.55. The lowest BCUT2D eigenvalue weighted by molar-refractivity contribution is 0.144. The maximum atomic E-state index is 11.9. The van der Waals surface area contributed by atoms with Gasteiger partial charge in [-0.3, -0.25) is 4.79 Å². The predicted molar refractivity (Wildman–Crippen MR) is 76.8 cm³/mol. The molecule has 1 aromatic heterocycles. The molecule has 0 fully saturated rings. The minimum Gasteiger partial charge on any atom is -0.390 e. The van der Waals surface area contributed by atoms with Crippen molar-refractivity contribution in [3.8, 4) is 0 Å². The van der Waals surface area contributed by atoms with Crippen molar-refractivity contribution in [1.29, 1.82) is 0 Å². The van der Waals surface area contributed by atoms with Crippen LogP contribution >= 0.6 is 0 Å². The maximum Gasteiger partial charge on any atom is 0.269 e. The highest BCUT2D eigenvalue weighted by atomic mass is 16.5. The van der Waals surface area contributed by atoms with Gasteiger partial charge in [-0.25, -0.2) is 4.98 Å². The highest BCUT2D eigenvalue weighted by molar-refractivity contribution is 5.74. The minimum absolute atomic E-state index is 0.209. The summed E-state index contributed by atoms with van der Waals surface area (Å²) in [5.41, 5.74) is 1.27. The third-order valence-corrected chi connectivity index (χ3v) is 3.01. The van der Waals surface area contributed by atoms with E-state index in [4.69, 9.17) is 4.74 Å². The Labute approximate surface area is 117 Å².